The monoisotopic (exact) mass is 388 g/mol. The first-order chi connectivity index (χ1) is 12.7. The zero-order valence-electron chi connectivity index (χ0n) is 14.6. The van der Waals surface area contributed by atoms with Gasteiger partial charge in [0.25, 0.3) is 0 Å². The van der Waals surface area contributed by atoms with Gasteiger partial charge in [-0.15, -0.1) is 23.5 Å². The maximum Gasteiger partial charge on any atom is 0.336 e. The van der Waals surface area contributed by atoms with Crippen LogP contribution in [0.25, 0.3) is 6.08 Å². The fourth-order valence-electron chi connectivity index (χ4n) is 2.52. The van der Waals surface area contributed by atoms with E-state index in [9.17, 15) is 4.79 Å². The molecule has 2 aromatic rings. The highest BCUT2D eigenvalue weighted by Gasteiger charge is 2.20. The van der Waals surface area contributed by atoms with Gasteiger partial charge in [0.1, 0.15) is 5.75 Å². The molecular formula is C20H20O4S2. The molecule has 0 aliphatic carbocycles. The lowest BCUT2D eigenvalue weighted by molar-refractivity contribution is -0.129. The topological polar surface area (TPSA) is 44.8 Å². The lowest BCUT2D eigenvalue weighted by atomic mass is 10.2. The van der Waals surface area contributed by atoms with Gasteiger partial charge in [-0.2, -0.15) is 0 Å². The quantitative estimate of drug-likeness (QED) is 0.402. The summed E-state index contributed by atoms with van der Waals surface area (Å²) >= 11 is 3.84. The van der Waals surface area contributed by atoms with Gasteiger partial charge in [0.2, 0.25) is 0 Å². The second-order valence-corrected chi connectivity index (χ2v) is 8.24. The number of thioether (sulfide) groups is 2. The van der Waals surface area contributed by atoms with Crippen LogP contribution >= 0.6 is 23.5 Å². The lowest BCUT2D eigenvalue weighted by Gasteiger charge is -2.13. The minimum atomic E-state index is -0.455. The average Bonchev–Trinajstić information content (AvgIpc) is 3.21. The van der Waals surface area contributed by atoms with E-state index in [4.69, 9.17) is 14.2 Å². The Morgan fingerprint density at radius 1 is 1.04 bits per heavy atom. The van der Waals surface area contributed by atoms with E-state index >= 15 is 0 Å². The maximum atomic E-state index is 12.1. The predicted octanol–water partition coefficient (Wildman–Crippen LogP) is 4.80. The molecule has 1 saturated heterocycles. The molecule has 136 valence electrons. The first-order valence-corrected chi connectivity index (χ1v) is 10.2. The van der Waals surface area contributed by atoms with E-state index in [1.54, 1.807) is 26.4 Å². The van der Waals surface area contributed by atoms with E-state index in [0.29, 0.717) is 16.1 Å². The molecule has 1 aliphatic heterocycles. The molecular weight excluding hydrogens is 368 g/mol. The molecule has 3 rings (SSSR count). The maximum absolute atomic E-state index is 12.1. The molecule has 6 heteroatoms. The van der Waals surface area contributed by atoms with E-state index in [1.165, 1.54) is 11.6 Å². The van der Waals surface area contributed by atoms with E-state index in [2.05, 4.69) is 0 Å². The van der Waals surface area contributed by atoms with Crippen molar-refractivity contribution >= 4 is 35.6 Å². The fraction of sp³-hybridized carbons (Fsp3) is 0.250. The average molecular weight is 389 g/mol. The standard InChI is InChI=1S/C20H20O4S2/c1-22-16-5-3-4-14(12-16)6-9-19(21)24-17-8-7-15(13-18(17)23-2)20-25-10-11-26-20/h3-9,12-13,20H,10-11H2,1-2H3. The predicted molar refractivity (Wildman–Crippen MR) is 108 cm³/mol. The largest absolute Gasteiger partial charge is 0.497 e. The number of ether oxygens (including phenoxy) is 3. The van der Waals surface area contributed by atoms with Crippen LogP contribution in [0.5, 0.6) is 17.2 Å². The first-order valence-electron chi connectivity index (χ1n) is 8.14. The molecule has 0 amide bonds. The summed E-state index contributed by atoms with van der Waals surface area (Å²) in [5.74, 6) is 3.58. The number of carbonyl (C=O) groups is 1. The van der Waals surface area contributed by atoms with Gasteiger partial charge >= 0.3 is 5.97 Å². The van der Waals surface area contributed by atoms with Crippen LogP contribution in [0.3, 0.4) is 0 Å². The van der Waals surface area contributed by atoms with Crippen LogP contribution in [0.2, 0.25) is 0 Å². The Morgan fingerprint density at radius 3 is 2.58 bits per heavy atom. The molecule has 0 saturated carbocycles. The van der Waals surface area contributed by atoms with Crippen LogP contribution < -0.4 is 14.2 Å². The molecule has 1 fully saturated rings. The van der Waals surface area contributed by atoms with Gasteiger partial charge in [-0.1, -0.05) is 18.2 Å². The SMILES string of the molecule is COc1cccc(C=CC(=O)Oc2ccc(C3SCCS3)cc2OC)c1. The highest BCUT2D eigenvalue weighted by Crippen LogP contribution is 2.46. The number of hydrogen-bond donors (Lipinski definition) is 0. The highest BCUT2D eigenvalue weighted by atomic mass is 32.2. The van der Waals surface area contributed by atoms with Crippen molar-refractivity contribution in [2.75, 3.05) is 25.7 Å². The van der Waals surface area contributed by atoms with E-state index in [1.807, 2.05) is 59.9 Å². The van der Waals surface area contributed by atoms with Gasteiger partial charge in [-0.25, -0.2) is 4.79 Å². The number of hydrogen-bond acceptors (Lipinski definition) is 6. The van der Waals surface area contributed by atoms with Crippen molar-refractivity contribution in [3.8, 4) is 17.2 Å². The van der Waals surface area contributed by atoms with Crippen molar-refractivity contribution in [3.05, 3.63) is 59.7 Å². The van der Waals surface area contributed by atoms with E-state index < -0.39 is 5.97 Å². The number of esters is 1. The lowest BCUT2D eigenvalue weighted by Crippen LogP contribution is -2.05. The molecule has 0 unspecified atom stereocenters. The number of carbonyl (C=O) groups excluding carboxylic acids is 1. The molecule has 0 atom stereocenters. The van der Waals surface area contributed by atoms with E-state index in [-0.39, 0.29) is 0 Å². The van der Waals surface area contributed by atoms with Crippen molar-refractivity contribution < 1.29 is 19.0 Å². The zero-order chi connectivity index (χ0) is 18.4. The third kappa shape index (κ3) is 4.77. The summed E-state index contributed by atoms with van der Waals surface area (Å²) < 4.78 is 16.4. The molecule has 1 heterocycles. The Kier molecular flexibility index (Phi) is 6.52. The molecule has 0 spiro atoms. The summed E-state index contributed by atoms with van der Waals surface area (Å²) in [6, 6.07) is 13.2. The molecule has 0 bridgehead atoms. The van der Waals surface area contributed by atoms with Crippen LogP contribution in [-0.4, -0.2) is 31.7 Å². The molecule has 2 aromatic carbocycles. The summed E-state index contributed by atoms with van der Waals surface area (Å²) in [5.41, 5.74) is 2.04. The van der Waals surface area contributed by atoms with Crippen molar-refractivity contribution in [1.29, 1.82) is 0 Å². The summed E-state index contributed by atoms with van der Waals surface area (Å²) in [5, 5.41) is 0. The molecule has 0 N–H and O–H groups in total. The molecule has 1 aliphatic rings. The van der Waals surface area contributed by atoms with Crippen molar-refractivity contribution in [1.82, 2.24) is 0 Å². The summed E-state index contributed by atoms with van der Waals surface area (Å²) in [6.45, 7) is 0. The van der Waals surface area contributed by atoms with E-state index in [0.717, 1.165) is 22.8 Å². The Hall–Kier alpha value is -2.05. The van der Waals surface area contributed by atoms with Gasteiger partial charge in [-0.3, -0.25) is 0 Å². The zero-order valence-corrected chi connectivity index (χ0v) is 16.3. The van der Waals surface area contributed by atoms with Gasteiger partial charge in [-0.05, 0) is 41.5 Å². The molecule has 0 radical (unpaired) electrons. The Morgan fingerprint density at radius 2 is 1.85 bits per heavy atom. The minimum Gasteiger partial charge on any atom is -0.497 e. The number of methoxy groups -OCH3 is 2. The summed E-state index contributed by atoms with van der Waals surface area (Å²) in [7, 11) is 3.19. The second kappa shape index (κ2) is 9.05. The van der Waals surface area contributed by atoms with Gasteiger partial charge < -0.3 is 14.2 Å². The fourth-order valence-corrected chi connectivity index (χ4v) is 5.36. The van der Waals surface area contributed by atoms with Gasteiger partial charge in [0.05, 0.1) is 18.8 Å². The van der Waals surface area contributed by atoms with Crippen LogP contribution in [-0.2, 0) is 4.79 Å². The Balaban J connectivity index is 1.69. The third-order valence-corrected chi connectivity index (χ3v) is 6.90. The van der Waals surface area contributed by atoms with Crippen LogP contribution in [0, 0.1) is 0 Å². The van der Waals surface area contributed by atoms with Gasteiger partial charge in [0, 0.05) is 17.6 Å². The normalized spacial score (nSPS) is 14.5. The number of benzene rings is 2. The van der Waals surface area contributed by atoms with Crippen molar-refractivity contribution in [2.45, 2.75) is 4.58 Å². The van der Waals surface area contributed by atoms with Gasteiger partial charge in [0.15, 0.2) is 11.5 Å². The highest BCUT2D eigenvalue weighted by molar-refractivity contribution is 8.19. The Bertz CT molecular complexity index is 798. The molecule has 26 heavy (non-hydrogen) atoms. The minimum absolute atomic E-state index is 0.418. The Labute approximate surface area is 161 Å². The van der Waals surface area contributed by atoms with Crippen molar-refractivity contribution in [3.63, 3.8) is 0 Å². The molecule has 4 nitrogen and oxygen atoms in total. The number of rotatable bonds is 6. The smallest absolute Gasteiger partial charge is 0.336 e. The third-order valence-electron chi connectivity index (χ3n) is 3.80. The molecule has 0 aromatic heterocycles. The van der Waals surface area contributed by atoms with Crippen LogP contribution in [0.1, 0.15) is 15.7 Å². The summed E-state index contributed by atoms with van der Waals surface area (Å²) in [6.07, 6.45) is 3.09. The van der Waals surface area contributed by atoms with Crippen LogP contribution in [0.4, 0.5) is 0 Å². The van der Waals surface area contributed by atoms with Crippen LogP contribution in [0.15, 0.2) is 48.5 Å². The second-order valence-electron chi connectivity index (χ2n) is 5.51. The summed E-state index contributed by atoms with van der Waals surface area (Å²) in [4.78, 5) is 12.1. The first kappa shape index (κ1) is 18.7. The van der Waals surface area contributed by atoms with Crippen molar-refractivity contribution in [2.24, 2.45) is 0 Å².